The topological polar surface area (TPSA) is 46.9 Å². The van der Waals surface area contributed by atoms with Gasteiger partial charge in [-0.2, -0.15) is 5.10 Å². The molecule has 1 amide bonds. The zero-order chi connectivity index (χ0) is 16.6. The second kappa shape index (κ2) is 6.04. The third kappa shape index (κ3) is 3.15. The van der Waals surface area contributed by atoms with Gasteiger partial charge in [0.2, 0.25) is 0 Å². The first kappa shape index (κ1) is 16.1. The molecule has 23 heavy (non-hydrogen) atoms. The quantitative estimate of drug-likeness (QED) is 0.908. The average molecular weight is 329 g/mol. The lowest BCUT2D eigenvalue weighted by atomic mass is 10.0. The minimum absolute atomic E-state index is 0.0373. The van der Waals surface area contributed by atoms with E-state index in [0.717, 1.165) is 17.9 Å². The molecule has 1 N–H and O–H groups in total. The molecule has 1 aliphatic heterocycles. The number of carbonyl (C=O) groups excluding carboxylic acids is 1. The summed E-state index contributed by atoms with van der Waals surface area (Å²) in [5, 5.41) is 7.59. The van der Waals surface area contributed by atoms with Gasteiger partial charge in [-0.3, -0.25) is 9.48 Å². The molecule has 5 heteroatoms. The highest BCUT2D eigenvalue weighted by Crippen LogP contribution is 2.36. The summed E-state index contributed by atoms with van der Waals surface area (Å²) in [5.41, 5.74) is 2.67. The molecule has 1 aliphatic rings. The molecule has 122 valence electrons. The van der Waals surface area contributed by atoms with Gasteiger partial charge in [-0.1, -0.05) is 18.2 Å². The van der Waals surface area contributed by atoms with Gasteiger partial charge in [-0.05, 0) is 45.7 Å². The summed E-state index contributed by atoms with van der Waals surface area (Å²) in [6, 6.07) is 8.40. The van der Waals surface area contributed by atoms with Gasteiger partial charge >= 0.3 is 0 Å². The highest BCUT2D eigenvalue weighted by atomic mass is 32.2. The molecule has 1 aromatic carbocycles. The predicted molar refractivity (Wildman–Crippen MR) is 94.0 cm³/mol. The minimum Gasteiger partial charge on any atom is -0.345 e. The Morgan fingerprint density at radius 2 is 2.09 bits per heavy atom. The van der Waals surface area contributed by atoms with Crippen LogP contribution < -0.4 is 5.32 Å². The number of carbonyl (C=O) groups is 1. The molecule has 0 aliphatic carbocycles. The number of benzene rings is 1. The fourth-order valence-corrected chi connectivity index (χ4v) is 4.16. The summed E-state index contributed by atoms with van der Waals surface area (Å²) >= 11 is 1.86. The fraction of sp³-hybridized carbons (Fsp3) is 0.444. The predicted octanol–water partition coefficient (Wildman–Crippen LogP) is 3.91. The maximum absolute atomic E-state index is 12.7. The van der Waals surface area contributed by atoms with Gasteiger partial charge in [0.05, 0.1) is 23.3 Å². The van der Waals surface area contributed by atoms with Gasteiger partial charge in [-0.25, -0.2) is 0 Å². The molecule has 0 spiro atoms. The van der Waals surface area contributed by atoms with Crippen LogP contribution in [0.2, 0.25) is 0 Å². The largest absolute Gasteiger partial charge is 0.345 e. The van der Waals surface area contributed by atoms with Crippen LogP contribution in [0.15, 0.2) is 35.4 Å². The lowest BCUT2D eigenvalue weighted by molar-refractivity contribution is 0.0934. The van der Waals surface area contributed by atoms with Gasteiger partial charge in [0.15, 0.2) is 0 Å². The van der Waals surface area contributed by atoms with Gasteiger partial charge in [0, 0.05) is 16.3 Å². The number of nitrogens with zero attached hydrogens (tertiary/aromatic N) is 2. The van der Waals surface area contributed by atoms with Crippen LogP contribution in [0, 0.1) is 6.92 Å². The van der Waals surface area contributed by atoms with Gasteiger partial charge in [0.1, 0.15) is 0 Å². The molecule has 4 nitrogen and oxygen atoms in total. The molecule has 0 fully saturated rings. The zero-order valence-electron chi connectivity index (χ0n) is 14.1. The summed E-state index contributed by atoms with van der Waals surface area (Å²) in [6.07, 6.45) is 2.64. The summed E-state index contributed by atoms with van der Waals surface area (Å²) in [4.78, 5) is 14.0. The molecule has 2 aromatic rings. The van der Waals surface area contributed by atoms with E-state index in [1.807, 2.05) is 35.5 Å². The Kier molecular flexibility index (Phi) is 4.23. The monoisotopic (exact) mass is 329 g/mol. The van der Waals surface area contributed by atoms with Crippen molar-refractivity contribution in [2.75, 3.05) is 5.75 Å². The second-order valence-corrected chi connectivity index (χ2v) is 8.06. The van der Waals surface area contributed by atoms with E-state index in [2.05, 4.69) is 43.3 Å². The highest BCUT2D eigenvalue weighted by Gasteiger charge is 2.25. The first-order valence-corrected chi connectivity index (χ1v) is 8.94. The van der Waals surface area contributed by atoms with Crippen molar-refractivity contribution in [1.82, 2.24) is 15.1 Å². The Morgan fingerprint density at radius 3 is 2.78 bits per heavy atom. The molecule has 0 saturated heterocycles. The number of hydrogen-bond donors (Lipinski definition) is 1. The van der Waals surface area contributed by atoms with Crippen LogP contribution in [0.25, 0.3) is 0 Å². The van der Waals surface area contributed by atoms with Crippen LogP contribution in [0.1, 0.15) is 54.8 Å². The summed E-state index contributed by atoms with van der Waals surface area (Å²) < 4.78 is 1.91. The molecular formula is C18H23N3OS. The summed E-state index contributed by atoms with van der Waals surface area (Å²) in [6.45, 7) is 8.22. The van der Waals surface area contributed by atoms with E-state index >= 15 is 0 Å². The average Bonchev–Trinajstić information content (AvgIpc) is 2.89. The highest BCUT2D eigenvalue weighted by molar-refractivity contribution is 7.99. The normalized spacial score (nSPS) is 17.7. The van der Waals surface area contributed by atoms with Gasteiger partial charge in [0.25, 0.3) is 5.91 Å². The Morgan fingerprint density at radius 1 is 1.35 bits per heavy atom. The van der Waals surface area contributed by atoms with Crippen molar-refractivity contribution in [3.05, 3.63) is 47.3 Å². The number of amides is 1. The number of rotatable bonds is 2. The Labute approximate surface area is 141 Å². The first-order valence-electron chi connectivity index (χ1n) is 7.95. The lowest BCUT2D eigenvalue weighted by Gasteiger charge is -2.26. The van der Waals surface area contributed by atoms with E-state index in [9.17, 15) is 4.79 Å². The summed E-state index contributed by atoms with van der Waals surface area (Å²) in [5.74, 6) is 0.993. The minimum atomic E-state index is -0.128. The van der Waals surface area contributed by atoms with Crippen LogP contribution >= 0.6 is 11.8 Å². The third-order valence-corrected chi connectivity index (χ3v) is 5.28. The molecule has 0 bridgehead atoms. The smallest absolute Gasteiger partial charge is 0.255 e. The molecule has 1 atom stereocenters. The zero-order valence-corrected chi connectivity index (χ0v) is 14.9. The number of aromatic nitrogens is 2. The van der Waals surface area contributed by atoms with Crippen LogP contribution in [0.3, 0.4) is 0 Å². The maximum Gasteiger partial charge on any atom is 0.255 e. The maximum atomic E-state index is 12.7. The third-order valence-electron chi connectivity index (χ3n) is 4.15. The van der Waals surface area contributed by atoms with Crippen LogP contribution in [0.5, 0.6) is 0 Å². The van der Waals surface area contributed by atoms with Crippen molar-refractivity contribution in [1.29, 1.82) is 0 Å². The van der Waals surface area contributed by atoms with E-state index in [-0.39, 0.29) is 17.5 Å². The van der Waals surface area contributed by atoms with Crippen LogP contribution in [-0.4, -0.2) is 21.4 Å². The van der Waals surface area contributed by atoms with E-state index in [4.69, 9.17) is 0 Å². The number of fused-ring (bicyclic) bond motifs is 1. The number of nitrogens with one attached hydrogen (secondary N) is 1. The van der Waals surface area contributed by atoms with Crippen LogP contribution in [-0.2, 0) is 5.54 Å². The number of thioether (sulfide) groups is 1. The van der Waals surface area contributed by atoms with Crippen LogP contribution in [0.4, 0.5) is 0 Å². The molecule has 2 heterocycles. The van der Waals surface area contributed by atoms with E-state index < -0.39 is 0 Å². The van der Waals surface area contributed by atoms with E-state index in [0.29, 0.717) is 5.56 Å². The van der Waals surface area contributed by atoms with E-state index in [1.54, 1.807) is 6.20 Å². The second-order valence-electron chi connectivity index (χ2n) is 6.93. The molecule has 1 aromatic heterocycles. The van der Waals surface area contributed by atoms with Gasteiger partial charge in [-0.15, -0.1) is 11.8 Å². The van der Waals surface area contributed by atoms with Gasteiger partial charge < -0.3 is 5.32 Å². The Balaban J connectivity index is 1.83. The van der Waals surface area contributed by atoms with E-state index in [1.165, 1.54) is 10.5 Å². The lowest BCUT2D eigenvalue weighted by Crippen LogP contribution is -2.31. The van der Waals surface area contributed by atoms with Crippen molar-refractivity contribution in [3.63, 3.8) is 0 Å². The van der Waals surface area contributed by atoms with Crippen molar-refractivity contribution >= 4 is 17.7 Å². The molecule has 0 saturated carbocycles. The van der Waals surface area contributed by atoms with Crippen molar-refractivity contribution < 1.29 is 4.79 Å². The van der Waals surface area contributed by atoms with Crippen molar-refractivity contribution in [2.24, 2.45) is 0 Å². The van der Waals surface area contributed by atoms with Crippen molar-refractivity contribution in [2.45, 2.75) is 50.6 Å². The molecular weight excluding hydrogens is 306 g/mol. The van der Waals surface area contributed by atoms with Crippen molar-refractivity contribution in [3.8, 4) is 0 Å². The molecule has 0 radical (unpaired) electrons. The fourth-order valence-electron chi connectivity index (χ4n) is 3.04. The summed E-state index contributed by atoms with van der Waals surface area (Å²) in [7, 11) is 0. The molecule has 0 unspecified atom stereocenters. The Hall–Kier alpha value is -1.75. The Bertz CT molecular complexity index is 730. The first-order chi connectivity index (χ1) is 10.9. The standard InChI is InChI=1S/C18H23N3OS/c1-12-14(11-19-21(12)18(2,3)4)17(22)20-15-9-10-23-16-8-6-5-7-13(15)16/h5-8,11,15H,9-10H2,1-4H3,(H,20,22)/t15-/m0/s1. The molecule has 3 rings (SSSR count). The SMILES string of the molecule is Cc1c(C(=O)N[C@H]2CCSc3ccccc32)cnn1C(C)(C)C. The number of hydrogen-bond acceptors (Lipinski definition) is 3.